The molecule has 0 bridgehead atoms. The fourth-order valence-electron chi connectivity index (χ4n) is 7.33. The molecule has 0 aromatic carbocycles. The van der Waals surface area contributed by atoms with Crippen LogP contribution in [0.3, 0.4) is 0 Å². The normalized spacial score (nSPS) is 45.5. The quantitative estimate of drug-likeness (QED) is 0.536. The van der Waals surface area contributed by atoms with Gasteiger partial charge in [0.1, 0.15) is 12.4 Å². The van der Waals surface area contributed by atoms with E-state index >= 15 is 0 Å². The van der Waals surface area contributed by atoms with Gasteiger partial charge < -0.3 is 9.74 Å². The number of rotatable bonds is 4. The smallest absolute Gasteiger partial charge is 0.133 e. The van der Waals surface area contributed by atoms with E-state index in [0.29, 0.717) is 23.7 Å². The highest BCUT2D eigenvalue weighted by molar-refractivity contribution is 5.92. The Morgan fingerprint density at radius 3 is 2.67 bits per heavy atom. The van der Waals surface area contributed by atoms with Crippen LogP contribution in [0, 0.1) is 34.5 Å². The number of fused-ring (bicyclic) bond motifs is 5. The fourth-order valence-corrected chi connectivity index (χ4v) is 7.33. The van der Waals surface area contributed by atoms with Crippen molar-refractivity contribution in [3.8, 4) is 0 Å². The summed E-state index contributed by atoms with van der Waals surface area (Å²) >= 11 is 0. The van der Waals surface area contributed by atoms with Crippen LogP contribution in [0.5, 0.6) is 0 Å². The molecule has 0 saturated heterocycles. The summed E-state index contributed by atoms with van der Waals surface area (Å²) in [6.07, 6.45) is 10.4. The van der Waals surface area contributed by atoms with Crippen LogP contribution < -0.4 is 0 Å². The Kier molecular flexibility index (Phi) is 5.15. The monoisotopic (exact) mass is 374 g/mol. The lowest BCUT2D eigenvalue weighted by molar-refractivity contribution is -0.136. The van der Waals surface area contributed by atoms with E-state index in [2.05, 4.69) is 38.0 Å². The number of hydrogen-bond donors (Lipinski definition) is 0. The minimum Gasteiger partial charge on any atom is -0.394 e. The second kappa shape index (κ2) is 7.17. The van der Waals surface area contributed by atoms with E-state index in [1.54, 1.807) is 0 Å². The first-order chi connectivity index (χ1) is 12.8. The van der Waals surface area contributed by atoms with Gasteiger partial charge in [-0.1, -0.05) is 19.0 Å². The molecular weight excluding hydrogens is 336 g/mol. The summed E-state index contributed by atoms with van der Waals surface area (Å²) in [7, 11) is 4.14. The van der Waals surface area contributed by atoms with Crippen LogP contribution >= 0.6 is 0 Å². The number of ketones is 1. The second-order valence-corrected chi connectivity index (χ2v) is 10.6. The van der Waals surface area contributed by atoms with E-state index in [0.717, 1.165) is 50.0 Å². The molecule has 4 nitrogen and oxygen atoms in total. The molecule has 6 atom stereocenters. The van der Waals surface area contributed by atoms with Gasteiger partial charge in [0.25, 0.3) is 0 Å². The molecule has 0 amide bonds. The zero-order valence-electron chi connectivity index (χ0n) is 17.8. The van der Waals surface area contributed by atoms with Gasteiger partial charge in [-0.25, -0.2) is 0 Å². The largest absolute Gasteiger partial charge is 0.394 e. The van der Waals surface area contributed by atoms with Crippen molar-refractivity contribution in [2.45, 2.75) is 71.6 Å². The van der Waals surface area contributed by atoms with Crippen LogP contribution in [0.25, 0.3) is 0 Å². The van der Waals surface area contributed by atoms with Crippen LogP contribution in [-0.2, 0) is 9.63 Å². The van der Waals surface area contributed by atoms with Crippen LogP contribution in [0.1, 0.15) is 71.6 Å². The zero-order valence-corrected chi connectivity index (χ0v) is 17.8. The molecule has 0 heterocycles. The lowest BCUT2D eigenvalue weighted by Gasteiger charge is -2.59. The highest BCUT2D eigenvalue weighted by Gasteiger charge is 2.59. The number of carbonyl (C=O) groups excluding carboxylic acids is 1. The van der Waals surface area contributed by atoms with Crippen molar-refractivity contribution in [2.24, 2.45) is 39.7 Å². The first-order valence-electron chi connectivity index (χ1n) is 11.2. The van der Waals surface area contributed by atoms with Crippen LogP contribution in [0.4, 0.5) is 0 Å². The van der Waals surface area contributed by atoms with Crippen LogP contribution in [-0.4, -0.2) is 43.6 Å². The molecule has 0 aliphatic heterocycles. The summed E-state index contributed by atoms with van der Waals surface area (Å²) in [4.78, 5) is 19.9. The van der Waals surface area contributed by atoms with Gasteiger partial charge in [-0.05, 0) is 88.1 Å². The van der Waals surface area contributed by atoms with E-state index < -0.39 is 0 Å². The van der Waals surface area contributed by atoms with Gasteiger partial charge >= 0.3 is 0 Å². The molecule has 4 rings (SSSR count). The molecule has 0 aromatic heterocycles. The highest BCUT2D eigenvalue weighted by atomic mass is 16.6. The topological polar surface area (TPSA) is 41.9 Å². The Morgan fingerprint density at radius 1 is 1.07 bits per heavy atom. The molecule has 152 valence electrons. The number of Topliss-reactive ketones (excluding diaryl/α,β-unsaturated/α-hetero) is 1. The molecule has 4 saturated carbocycles. The Hall–Kier alpha value is -0.900. The SMILES string of the molecule is CN(C)CCO/N=C1/CC[C@H]2[C@@H]3CC[C@H]4CC(=O)CC[C@]4(C)[C@H]3CC[C@]12C. The standard InChI is InChI=1S/C23H38N2O2/c1-22-11-9-17(26)15-16(22)5-6-18-19-7-8-21(24-27-14-13-25(3)4)23(19,2)12-10-20(18)22/h16,18-20H,5-15H2,1-4H3/b24-21-/t16-,18-,19-,20-,22-,23-/m0/s1. The molecule has 27 heavy (non-hydrogen) atoms. The molecule has 4 heteroatoms. The Labute approximate surface area is 165 Å². The third-order valence-corrected chi connectivity index (χ3v) is 9.03. The summed E-state index contributed by atoms with van der Waals surface area (Å²) in [5, 5.41) is 4.64. The van der Waals surface area contributed by atoms with Crippen molar-refractivity contribution in [1.82, 2.24) is 4.90 Å². The third-order valence-electron chi connectivity index (χ3n) is 9.03. The highest BCUT2D eigenvalue weighted by Crippen LogP contribution is 2.65. The van der Waals surface area contributed by atoms with Crippen molar-refractivity contribution in [1.29, 1.82) is 0 Å². The van der Waals surface area contributed by atoms with Crippen LogP contribution in [0.2, 0.25) is 0 Å². The summed E-state index contributed by atoms with van der Waals surface area (Å²) in [6, 6.07) is 0. The van der Waals surface area contributed by atoms with Crippen molar-refractivity contribution in [3.63, 3.8) is 0 Å². The lowest BCUT2D eigenvalue weighted by atomic mass is 9.45. The molecule has 0 spiro atoms. The van der Waals surface area contributed by atoms with Gasteiger partial charge in [-0.2, -0.15) is 0 Å². The first kappa shape index (κ1) is 19.4. The number of likely N-dealkylation sites (N-methyl/N-ethyl adjacent to an activating group) is 1. The molecule has 0 unspecified atom stereocenters. The third kappa shape index (κ3) is 3.26. The summed E-state index contributed by atoms with van der Waals surface area (Å²) in [5.74, 6) is 3.57. The molecule has 0 aromatic rings. The average molecular weight is 375 g/mol. The lowest BCUT2D eigenvalue weighted by Crippen LogP contribution is -2.53. The van der Waals surface area contributed by atoms with Crippen molar-refractivity contribution < 1.29 is 9.63 Å². The molecule has 0 radical (unpaired) electrons. The predicted molar refractivity (Wildman–Crippen MR) is 109 cm³/mol. The molecule has 4 aliphatic rings. The van der Waals surface area contributed by atoms with E-state index in [1.165, 1.54) is 37.8 Å². The maximum absolute atomic E-state index is 12.0. The molecular formula is C23H38N2O2. The first-order valence-corrected chi connectivity index (χ1v) is 11.2. The Balaban J connectivity index is 1.49. The van der Waals surface area contributed by atoms with E-state index in [4.69, 9.17) is 4.84 Å². The van der Waals surface area contributed by atoms with E-state index in [9.17, 15) is 4.79 Å². The van der Waals surface area contributed by atoms with E-state index in [-0.39, 0.29) is 5.41 Å². The van der Waals surface area contributed by atoms with Crippen molar-refractivity contribution in [3.05, 3.63) is 0 Å². The average Bonchev–Trinajstić information content (AvgIpc) is 2.96. The minimum absolute atomic E-state index is 0.243. The van der Waals surface area contributed by atoms with E-state index in [1.807, 2.05) is 0 Å². The van der Waals surface area contributed by atoms with Gasteiger partial charge in [-0.15, -0.1) is 0 Å². The maximum atomic E-state index is 12.0. The Morgan fingerprint density at radius 2 is 1.89 bits per heavy atom. The maximum Gasteiger partial charge on any atom is 0.133 e. The summed E-state index contributed by atoms with van der Waals surface area (Å²) in [5.41, 5.74) is 1.98. The fraction of sp³-hybridized carbons (Fsp3) is 0.913. The van der Waals surface area contributed by atoms with Gasteiger partial charge in [0.05, 0.1) is 5.71 Å². The van der Waals surface area contributed by atoms with Gasteiger partial charge in [0.15, 0.2) is 0 Å². The van der Waals surface area contributed by atoms with Gasteiger partial charge in [-0.3, -0.25) is 4.79 Å². The predicted octanol–water partition coefficient (Wildman–Crippen LogP) is 4.53. The second-order valence-electron chi connectivity index (χ2n) is 10.6. The van der Waals surface area contributed by atoms with Crippen molar-refractivity contribution in [2.75, 3.05) is 27.2 Å². The summed E-state index contributed by atoms with van der Waals surface area (Å²) in [6.45, 7) is 6.59. The number of nitrogens with zero attached hydrogens (tertiary/aromatic N) is 2. The molecule has 4 aliphatic carbocycles. The Bertz CT molecular complexity index is 615. The van der Waals surface area contributed by atoms with Crippen molar-refractivity contribution >= 4 is 11.5 Å². The zero-order chi connectivity index (χ0) is 19.2. The number of hydrogen-bond acceptors (Lipinski definition) is 4. The molecule has 4 fully saturated rings. The minimum atomic E-state index is 0.243. The van der Waals surface area contributed by atoms with Crippen LogP contribution in [0.15, 0.2) is 5.16 Å². The van der Waals surface area contributed by atoms with Gasteiger partial charge in [0.2, 0.25) is 0 Å². The number of oxime groups is 1. The number of carbonyl (C=O) groups is 1. The summed E-state index contributed by atoms with van der Waals surface area (Å²) < 4.78 is 0. The molecule has 0 N–H and O–H groups in total. The van der Waals surface area contributed by atoms with Gasteiger partial charge in [0, 0.05) is 24.8 Å².